The second-order valence-corrected chi connectivity index (χ2v) is 2.57. The van der Waals surface area contributed by atoms with E-state index in [1.165, 1.54) is 0 Å². The number of hydrogen-bond donors (Lipinski definition) is 0. The Morgan fingerprint density at radius 2 is 2.07 bits per heavy atom. The number of hydrogen-bond acceptors (Lipinski definition) is 2. The van der Waals surface area contributed by atoms with Crippen molar-refractivity contribution in [2.75, 3.05) is 0 Å². The van der Waals surface area contributed by atoms with Gasteiger partial charge in [-0.25, -0.2) is 4.39 Å². The van der Waals surface area contributed by atoms with Crippen LogP contribution in [0.1, 0.15) is 16.8 Å². The number of aromatic nitrogens is 1. The molecule has 1 aromatic rings. The lowest BCUT2D eigenvalue weighted by Gasteiger charge is -2.05. The van der Waals surface area contributed by atoms with Crippen molar-refractivity contribution in [1.29, 1.82) is 0 Å². The predicted octanol–water partition coefficient (Wildman–Crippen LogP) is 2.36. The highest BCUT2D eigenvalue weighted by atomic mass is 19.4. The molecule has 76 valence electrons. The first-order valence-corrected chi connectivity index (χ1v) is 3.59. The molecule has 0 atom stereocenters. The minimum Gasteiger partial charge on any atom is -0.294 e. The average molecular weight is 207 g/mol. The zero-order valence-corrected chi connectivity index (χ0v) is 6.81. The molecule has 1 aromatic heterocycles. The first-order valence-electron chi connectivity index (χ1n) is 3.59. The zero-order chi connectivity index (χ0) is 10.8. The van der Waals surface area contributed by atoms with Gasteiger partial charge in [-0.1, -0.05) is 0 Å². The van der Waals surface area contributed by atoms with E-state index in [2.05, 4.69) is 4.98 Å². The first-order chi connectivity index (χ1) is 6.40. The smallest absolute Gasteiger partial charge is 0.294 e. The predicted molar refractivity (Wildman–Crippen MR) is 39.2 cm³/mol. The topological polar surface area (TPSA) is 30.0 Å². The van der Waals surface area contributed by atoms with Crippen LogP contribution < -0.4 is 0 Å². The van der Waals surface area contributed by atoms with Crippen LogP contribution in [-0.2, 0) is 0 Å². The lowest BCUT2D eigenvalue weighted by molar-refractivity contribution is -0.125. The number of Topliss-reactive ketones (excluding diaryl/α,β-unsaturated/α-hetero) is 1. The standard InChI is InChI=1S/C8H5F4NO/c9-6-4-13-2-1-5(6)7(14)3-8(10,11)12/h1-2,4H,3H2. The van der Waals surface area contributed by atoms with Gasteiger partial charge in [0.2, 0.25) is 0 Å². The molecule has 14 heavy (non-hydrogen) atoms. The van der Waals surface area contributed by atoms with Crippen molar-refractivity contribution in [3.05, 3.63) is 29.8 Å². The van der Waals surface area contributed by atoms with Crippen LogP contribution in [0.4, 0.5) is 17.6 Å². The van der Waals surface area contributed by atoms with Gasteiger partial charge in [0.15, 0.2) is 11.6 Å². The molecule has 0 amide bonds. The molecule has 0 N–H and O–H groups in total. The van der Waals surface area contributed by atoms with Crippen LogP contribution in [-0.4, -0.2) is 16.9 Å². The minimum absolute atomic E-state index is 0.586. The van der Waals surface area contributed by atoms with Crippen molar-refractivity contribution >= 4 is 5.78 Å². The highest BCUT2D eigenvalue weighted by Gasteiger charge is 2.32. The van der Waals surface area contributed by atoms with E-state index in [1.807, 2.05) is 0 Å². The number of ketones is 1. The zero-order valence-electron chi connectivity index (χ0n) is 6.81. The number of halogens is 4. The monoisotopic (exact) mass is 207 g/mol. The molecule has 0 unspecified atom stereocenters. The second kappa shape index (κ2) is 3.73. The van der Waals surface area contributed by atoms with Crippen LogP contribution in [0.5, 0.6) is 0 Å². The van der Waals surface area contributed by atoms with Crippen molar-refractivity contribution in [1.82, 2.24) is 4.98 Å². The molecular formula is C8H5F4NO. The van der Waals surface area contributed by atoms with Crippen LogP contribution in [0.15, 0.2) is 18.5 Å². The summed E-state index contributed by atoms with van der Waals surface area (Å²) in [4.78, 5) is 14.2. The summed E-state index contributed by atoms with van der Waals surface area (Å²) in [5, 5.41) is 0. The van der Waals surface area contributed by atoms with E-state index < -0.39 is 29.8 Å². The quantitative estimate of drug-likeness (QED) is 0.550. The highest BCUT2D eigenvalue weighted by Crippen LogP contribution is 2.22. The van der Waals surface area contributed by atoms with Crippen LogP contribution in [0.25, 0.3) is 0 Å². The SMILES string of the molecule is O=C(CC(F)(F)F)c1ccncc1F. The third-order valence-corrected chi connectivity index (χ3v) is 1.43. The van der Waals surface area contributed by atoms with Crippen molar-refractivity contribution in [2.24, 2.45) is 0 Å². The summed E-state index contributed by atoms with van der Waals surface area (Å²) in [6.07, 6.45) is -4.52. The van der Waals surface area contributed by atoms with Crippen molar-refractivity contribution in [3.63, 3.8) is 0 Å². The highest BCUT2D eigenvalue weighted by molar-refractivity contribution is 5.96. The Hall–Kier alpha value is -1.46. The van der Waals surface area contributed by atoms with Gasteiger partial charge in [0.1, 0.15) is 6.42 Å². The number of pyridine rings is 1. The molecule has 0 aliphatic heterocycles. The Labute approximate surface area is 76.6 Å². The third kappa shape index (κ3) is 2.79. The number of carbonyl (C=O) groups excluding carboxylic acids is 1. The van der Waals surface area contributed by atoms with Crippen molar-refractivity contribution in [3.8, 4) is 0 Å². The molecule has 0 radical (unpaired) electrons. The molecule has 0 saturated carbocycles. The third-order valence-electron chi connectivity index (χ3n) is 1.43. The Kier molecular flexibility index (Phi) is 2.83. The molecule has 0 fully saturated rings. The van der Waals surface area contributed by atoms with E-state index in [0.717, 1.165) is 12.3 Å². The van der Waals surface area contributed by atoms with Crippen LogP contribution in [0, 0.1) is 5.82 Å². The Bertz CT molecular complexity index is 347. The number of rotatable bonds is 2. The molecule has 0 aliphatic rings. The van der Waals surface area contributed by atoms with Gasteiger partial charge in [-0.05, 0) is 6.07 Å². The first kappa shape index (κ1) is 10.6. The van der Waals surface area contributed by atoms with Crippen LogP contribution >= 0.6 is 0 Å². The lowest BCUT2D eigenvalue weighted by atomic mass is 10.1. The fraction of sp³-hybridized carbons (Fsp3) is 0.250. The molecular weight excluding hydrogens is 202 g/mol. The van der Waals surface area contributed by atoms with Gasteiger partial charge >= 0.3 is 6.18 Å². The van der Waals surface area contributed by atoms with E-state index in [4.69, 9.17) is 0 Å². The van der Waals surface area contributed by atoms with Gasteiger partial charge in [0.05, 0.1) is 11.8 Å². The van der Waals surface area contributed by atoms with Crippen LogP contribution in [0.3, 0.4) is 0 Å². The molecule has 1 rings (SSSR count). The summed E-state index contributed by atoms with van der Waals surface area (Å²) in [5.74, 6) is -2.33. The van der Waals surface area contributed by atoms with Crippen molar-refractivity contribution < 1.29 is 22.4 Å². The van der Waals surface area contributed by atoms with Crippen LogP contribution in [0.2, 0.25) is 0 Å². The normalized spacial score (nSPS) is 11.4. The molecule has 0 aromatic carbocycles. The molecule has 2 nitrogen and oxygen atoms in total. The molecule has 6 heteroatoms. The molecule has 0 saturated heterocycles. The maximum absolute atomic E-state index is 12.8. The number of alkyl halides is 3. The van der Waals surface area contributed by atoms with Gasteiger partial charge in [0, 0.05) is 6.20 Å². The summed E-state index contributed by atoms with van der Waals surface area (Å²) < 4.78 is 48.1. The van der Waals surface area contributed by atoms with Gasteiger partial charge in [0.25, 0.3) is 0 Å². The van der Waals surface area contributed by atoms with E-state index in [-0.39, 0.29) is 0 Å². The summed E-state index contributed by atoms with van der Waals surface area (Å²) >= 11 is 0. The molecule has 0 spiro atoms. The van der Waals surface area contributed by atoms with E-state index in [9.17, 15) is 22.4 Å². The van der Waals surface area contributed by atoms with E-state index >= 15 is 0 Å². The second-order valence-electron chi connectivity index (χ2n) is 2.57. The van der Waals surface area contributed by atoms with Gasteiger partial charge < -0.3 is 0 Å². The van der Waals surface area contributed by atoms with E-state index in [0.29, 0.717) is 6.20 Å². The van der Waals surface area contributed by atoms with E-state index in [1.54, 1.807) is 0 Å². The fourth-order valence-electron chi connectivity index (χ4n) is 0.879. The van der Waals surface area contributed by atoms with Crippen molar-refractivity contribution in [2.45, 2.75) is 12.6 Å². The fourth-order valence-corrected chi connectivity index (χ4v) is 0.879. The maximum atomic E-state index is 12.8. The van der Waals surface area contributed by atoms with Gasteiger partial charge in [-0.3, -0.25) is 9.78 Å². The Morgan fingerprint density at radius 3 is 2.57 bits per heavy atom. The molecule has 0 bridgehead atoms. The van der Waals surface area contributed by atoms with Gasteiger partial charge in [-0.15, -0.1) is 0 Å². The summed E-state index contributed by atoms with van der Waals surface area (Å²) in [6, 6.07) is 0.920. The Morgan fingerprint density at radius 1 is 1.43 bits per heavy atom. The summed E-state index contributed by atoms with van der Waals surface area (Å²) in [6.45, 7) is 0. The average Bonchev–Trinajstić information content (AvgIpc) is 2.01. The number of nitrogens with zero attached hydrogens (tertiary/aromatic N) is 1. The molecule has 1 heterocycles. The Balaban J connectivity index is 2.86. The summed E-state index contributed by atoms with van der Waals surface area (Å²) in [5.41, 5.74) is -0.586. The maximum Gasteiger partial charge on any atom is 0.396 e. The largest absolute Gasteiger partial charge is 0.396 e. The van der Waals surface area contributed by atoms with Gasteiger partial charge in [-0.2, -0.15) is 13.2 Å². The lowest BCUT2D eigenvalue weighted by Crippen LogP contribution is -2.16. The minimum atomic E-state index is -4.62. The summed E-state index contributed by atoms with van der Waals surface area (Å²) in [7, 11) is 0. The molecule has 0 aliphatic carbocycles. The number of carbonyl (C=O) groups is 1.